The van der Waals surface area contributed by atoms with Gasteiger partial charge in [0.2, 0.25) is 5.91 Å². The maximum absolute atomic E-state index is 11.6. The number of nitrogens with one attached hydrogen (secondary N) is 1. The fourth-order valence-corrected chi connectivity index (χ4v) is 2.46. The van der Waals surface area contributed by atoms with Crippen LogP contribution in [0, 0.1) is 0 Å². The summed E-state index contributed by atoms with van der Waals surface area (Å²) in [5.41, 5.74) is 1.08. The van der Waals surface area contributed by atoms with E-state index >= 15 is 0 Å². The summed E-state index contributed by atoms with van der Waals surface area (Å²) in [6.07, 6.45) is 4.01. The molecular weight excluding hydrogens is 252 g/mol. The van der Waals surface area contributed by atoms with Gasteiger partial charge in [-0.2, -0.15) is 0 Å². The molecule has 18 heavy (non-hydrogen) atoms. The number of thiazole rings is 1. The number of aromatic nitrogens is 1. The van der Waals surface area contributed by atoms with Gasteiger partial charge in [-0.15, -0.1) is 11.3 Å². The Balaban J connectivity index is 1.67. The molecule has 0 saturated heterocycles. The standard InChI is InChI=1S/C12H16N2O3S/c15-10(3-1-2-4-11(16)17)14-12-13-9(7-18-12)8-5-6-8/h7-8H,1-6H2,(H,16,17)(H,13,14,15). The minimum atomic E-state index is -0.815. The van der Waals surface area contributed by atoms with Gasteiger partial charge in [0.1, 0.15) is 0 Å². The van der Waals surface area contributed by atoms with E-state index in [1.165, 1.54) is 24.2 Å². The fraction of sp³-hybridized carbons (Fsp3) is 0.583. The number of carbonyl (C=O) groups is 2. The third-order valence-corrected chi connectivity index (χ3v) is 3.58. The van der Waals surface area contributed by atoms with Crippen LogP contribution in [0.4, 0.5) is 5.13 Å². The summed E-state index contributed by atoms with van der Waals surface area (Å²) in [4.78, 5) is 26.2. The predicted octanol–water partition coefficient (Wildman–Crippen LogP) is 2.60. The van der Waals surface area contributed by atoms with Crippen LogP contribution in [0.1, 0.15) is 50.1 Å². The number of rotatable bonds is 7. The Bertz CT molecular complexity index is 440. The Hall–Kier alpha value is -1.43. The average molecular weight is 268 g/mol. The predicted molar refractivity (Wildman–Crippen MR) is 68.8 cm³/mol. The minimum Gasteiger partial charge on any atom is -0.481 e. The van der Waals surface area contributed by atoms with Crippen LogP contribution in [-0.4, -0.2) is 22.0 Å². The molecule has 5 nitrogen and oxygen atoms in total. The number of unbranched alkanes of at least 4 members (excludes halogenated alkanes) is 1. The number of hydrogen-bond acceptors (Lipinski definition) is 4. The lowest BCUT2D eigenvalue weighted by molar-refractivity contribution is -0.137. The van der Waals surface area contributed by atoms with E-state index < -0.39 is 5.97 Å². The van der Waals surface area contributed by atoms with Crippen molar-refractivity contribution < 1.29 is 14.7 Å². The Morgan fingerprint density at radius 3 is 2.78 bits per heavy atom. The van der Waals surface area contributed by atoms with Crippen LogP contribution in [0.2, 0.25) is 0 Å². The van der Waals surface area contributed by atoms with Gasteiger partial charge in [-0.25, -0.2) is 4.98 Å². The molecule has 6 heteroatoms. The van der Waals surface area contributed by atoms with Crippen molar-refractivity contribution in [2.75, 3.05) is 5.32 Å². The number of carbonyl (C=O) groups excluding carboxylic acids is 1. The number of amides is 1. The molecule has 0 radical (unpaired) electrons. The highest BCUT2D eigenvalue weighted by molar-refractivity contribution is 7.13. The largest absolute Gasteiger partial charge is 0.481 e. The van der Waals surface area contributed by atoms with Crippen molar-refractivity contribution in [2.24, 2.45) is 0 Å². The van der Waals surface area contributed by atoms with Gasteiger partial charge in [0.25, 0.3) is 0 Å². The maximum atomic E-state index is 11.6. The van der Waals surface area contributed by atoms with Gasteiger partial charge in [-0.3, -0.25) is 9.59 Å². The molecule has 1 aliphatic rings. The summed E-state index contributed by atoms with van der Waals surface area (Å²) in [6.45, 7) is 0. The van der Waals surface area contributed by atoms with E-state index in [-0.39, 0.29) is 12.3 Å². The molecule has 1 aromatic rings. The molecule has 0 spiro atoms. The topological polar surface area (TPSA) is 79.3 Å². The molecule has 0 unspecified atom stereocenters. The highest BCUT2D eigenvalue weighted by atomic mass is 32.1. The number of aliphatic carboxylic acids is 1. The highest BCUT2D eigenvalue weighted by Gasteiger charge is 2.26. The summed E-state index contributed by atoms with van der Waals surface area (Å²) in [5.74, 6) is -0.302. The van der Waals surface area contributed by atoms with Crippen molar-refractivity contribution in [3.8, 4) is 0 Å². The second kappa shape index (κ2) is 5.95. The van der Waals surface area contributed by atoms with Gasteiger partial charge < -0.3 is 10.4 Å². The zero-order valence-corrected chi connectivity index (χ0v) is 10.8. The van der Waals surface area contributed by atoms with Gasteiger partial charge in [-0.05, 0) is 25.7 Å². The first-order valence-corrected chi connectivity index (χ1v) is 7.00. The first-order valence-electron chi connectivity index (χ1n) is 6.12. The quantitative estimate of drug-likeness (QED) is 0.745. The molecule has 1 saturated carbocycles. The zero-order chi connectivity index (χ0) is 13.0. The van der Waals surface area contributed by atoms with Crippen LogP contribution in [0.25, 0.3) is 0 Å². The molecule has 1 amide bonds. The molecule has 1 fully saturated rings. The van der Waals surface area contributed by atoms with Gasteiger partial charge in [-0.1, -0.05) is 0 Å². The van der Waals surface area contributed by atoms with E-state index in [0.29, 0.717) is 30.3 Å². The lowest BCUT2D eigenvalue weighted by atomic mass is 10.2. The summed E-state index contributed by atoms with van der Waals surface area (Å²) in [6, 6.07) is 0. The summed E-state index contributed by atoms with van der Waals surface area (Å²) < 4.78 is 0. The van der Waals surface area contributed by atoms with Gasteiger partial charge in [0.15, 0.2) is 5.13 Å². The Morgan fingerprint density at radius 2 is 2.11 bits per heavy atom. The second-order valence-corrected chi connectivity index (χ2v) is 5.36. The molecule has 0 bridgehead atoms. The number of carboxylic acids is 1. The van der Waals surface area contributed by atoms with E-state index in [1.807, 2.05) is 5.38 Å². The first kappa shape index (κ1) is 13.0. The second-order valence-electron chi connectivity index (χ2n) is 4.50. The van der Waals surface area contributed by atoms with Crippen LogP contribution in [0.15, 0.2) is 5.38 Å². The molecule has 0 atom stereocenters. The fourth-order valence-electron chi connectivity index (χ4n) is 1.65. The number of hydrogen-bond donors (Lipinski definition) is 2. The van der Waals surface area contributed by atoms with Crippen LogP contribution >= 0.6 is 11.3 Å². The van der Waals surface area contributed by atoms with E-state index in [4.69, 9.17) is 5.11 Å². The summed E-state index contributed by atoms with van der Waals surface area (Å²) in [7, 11) is 0. The molecule has 0 aliphatic heterocycles. The van der Waals surface area contributed by atoms with Crippen molar-refractivity contribution >= 4 is 28.3 Å². The van der Waals surface area contributed by atoms with E-state index in [2.05, 4.69) is 10.3 Å². The molecule has 98 valence electrons. The van der Waals surface area contributed by atoms with Crippen molar-refractivity contribution in [3.63, 3.8) is 0 Å². The van der Waals surface area contributed by atoms with Crippen molar-refractivity contribution in [1.82, 2.24) is 4.98 Å². The van der Waals surface area contributed by atoms with Crippen LogP contribution < -0.4 is 5.32 Å². The molecule has 2 N–H and O–H groups in total. The Kier molecular flexibility index (Phi) is 4.30. The Morgan fingerprint density at radius 1 is 1.39 bits per heavy atom. The molecule has 1 aliphatic carbocycles. The number of carboxylic acid groups (broad SMARTS) is 1. The van der Waals surface area contributed by atoms with Crippen molar-refractivity contribution in [1.29, 1.82) is 0 Å². The average Bonchev–Trinajstić information content (AvgIpc) is 3.06. The van der Waals surface area contributed by atoms with Gasteiger partial charge in [0.05, 0.1) is 5.69 Å². The third-order valence-electron chi connectivity index (χ3n) is 2.81. The van der Waals surface area contributed by atoms with E-state index in [9.17, 15) is 9.59 Å². The monoisotopic (exact) mass is 268 g/mol. The SMILES string of the molecule is O=C(O)CCCCC(=O)Nc1nc(C2CC2)cs1. The Labute approximate surface area is 109 Å². The molecule has 1 aromatic heterocycles. The molecule has 0 aromatic carbocycles. The van der Waals surface area contributed by atoms with Crippen molar-refractivity contribution in [3.05, 3.63) is 11.1 Å². The maximum Gasteiger partial charge on any atom is 0.303 e. The summed E-state index contributed by atoms with van der Waals surface area (Å²) >= 11 is 1.45. The van der Waals surface area contributed by atoms with E-state index in [0.717, 1.165) is 5.69 Å². The normalized spacial score (nSPS) is 14.4. The lowest BCUT2D eigenvalue weighted by Gasteiger charge is -2.00. The van der Waals surface area contributed by atoms with Crippen LogP contribution in [0.3, 0.4) is 0 Å². The number of anilines is 1. The van der Waals surface area contributed by atoms with Crippen LogP contribution in [-0.2, 0) is 9.59 Å². The summed E-state index contributed by atoms with van der Waals surface area (Å²) in [5, 5.41) is 13.9. The van der Waals surface area contributed by atoms with Crippen molar-refractivity contribution in [2.45, 2.75) is 44.4 Å². The molecule has 1 heterocycles. The molecule has 2 rings (SSSR count). The molecular formula is C12H16N2O3S. The van der Waals surface area contributed by atoms with Gasteiger partial charge >= 0.3 is 5.97 Å². The zero-order valence-electron chi connectivity index (χ0n) is 10.0. The smallest absolute Gasteiger partial charge is 0.303 e. The van der Waals surface area contributed by atoms with Gasteiger partial charge in [0, 0.05) is 24.1 Å². The first-order chi connectivity index (χ1) is 8.65. The third kappa shape index (κ3) is 4.10. The lowest BCUT2D eigenvalue weighted by Crippen LogP contribution is -2.11. The van der Waals surface area contributed by atoms with Crippen LogP contribution in [0.5, 0.6) is 0 Å². The minimum absolute atomic E-state index is 0.0860. The van der Waals surface area contributed by atoms with E-state index in [1.54, 1.807) is 0 Å². The number of nitrogens with zero attached hydrogens (tertiary/aromatic N) is 1. The highest BCUT2D eigenvalue weighted by Crippen LogP contribution is 2.40.